The Morgan fingerprint density at radius 2 is 2.21 bits per heavy atom. The first kappa shape index (κ1) is 14.3. The maximum absolute atomic E-state index is 12.3. The van der Waals surface area contributed by atoms with Crippen molar-refractivity contribution in [3.05, 3.63) is 24.3 Å². The topological polar surface area (TPSA) is 41.1 Å². The molecule has 2 N–H and O–H groups in total. The number of amides is 1. The lowest BCUT2D eigenvalue weighted by Crippen LogP contribution is -2.48. The standard InChI is InChI=1S/C13H16F2N2OS/c1-8(9-6-16-7-9)12(18)17-10-3-2-4-11(5-10)19-13(14)15/h2-5,8-9,13,16H,6-7H2,1H3,(H,17,18). The Labute approximate surface area is 115 Å². The first-order valence-electron chi connectivity index (χ1n) is 6.12. The number of alkyl halides is 2. The van der Waals surface area contributed by atoms with Crippen molar-refractivity contribution in [2.45, 2.75) is 17.6 Å². The molecule has 1 heterocycles. The van der Waals surface area contributed by atoms with E-state index < -0.39 is 5.76 Å². The van der Waals surface area contributed by atoms with Crippen molar-refractivity contribution in [3.8, 4) is 0 Å². The van der Waals surface area contributed by atoms with Crippen LogP contribution >= 0.6 is 11.8 Å². The van der Waals surface area contributed by atoms with E-state index in [1.807, 2.05) is 6.92 Å². The van der Waals surface area contributed by atoms with Crippen LogP contribution in [0.3, 0.4) is 0 Å². The molecule has 0 radical (unpaired) electrons. The average molecular weight is 286 g/mol. The van der Waals surface area contributed by atoms with E-state index in [0.29, 0.717) is 28.3 Å². The van der Waals surface area contributed by atoms with Gasteiger partial charge in [-0.25, -0.2) is 0 Å². The van der Waals surface area contributed by atoms with E-state index in [9.17, 15) is 13.6 Å². The maximum atomic E-state index is 12.3. The number of carbonyl (C=O) groups is 1. The molecule has 2 rings (SSSR count). The summed E-state index contributed by atoms with van der Waals surface area (Å²) in [5.41, 5.74) is 0.565. The first-order chi connectivity index (χ1) is 9.06. The minimum atomic E-state index is -2.45. The zero-order chi connectivity index (χ0) is 13.8. The van der Waals surface area contributed by atoms with E-state index in [1.165, 1.54) is 0 Å². The monoisotopic (exact) mass is 286 g/mol. The molecule has 19 heavy (non-hydrogen) atoms. The molecule has 104 valence electrons. The molecule has 1 aliphatic heterocycles. The van der Waals surface area contributed by atoms with Crippen molar-refractivity contribution >= 4 is 23.4 Å². The molecule has 0 aromatic heterocycles. The highest BCUT2D eigenvalue weighted by molar-refractivity contribution is 7.99. The number of halogens is 2. The van der Waals surface area contributed by atoms with Crippen molar-refractivity contribution in [1.82, 2.24) is 5.32 Å². The van der Waals surface area contributed by atoms with Crippen LogP contribution in [0.1, 0.15) is 6.92 Å². The molecule has 1 saturated heterocycles. The van der Waals surface area contributed by atoms with Gasteiger partial charge in [0, 0.05) is 16.5 Å². The van der Waals surface area contributed by atoms with Gasteiger partial charge in [0.15, 0.2) is 0 Å². The highest BCUT2D eigenvalue weighted by atomic mass is 32.2. The smallest absolute Gasteiger partial charge is 0.288 e. The van der Waals surface area contributed by atoms with Crippen molar-refractivity contribution < 1.29 is 13.6 Å². The van der Waals surface area contributed by atoms with Crippen molar-refractivity contribution in [2.75, 3.05) is 18.4 Å². The third-order valence-corrected chi connectivity index (χ3v) is 3.96. The normalized spacial score (nSPS) is 17.1. The largest absolute Gasteiger partial charge is 0.326 e. The van der Waals surface area contributed by atoms with Gasteiger partial charge >= 0.3 is 0 Å². The van der Waals surface area contributed by atoms with E-state index in [-0.39, 0.29) is 11.8 Å². The molecule has 1 aromatic carbocycles. The van der Waals surface area contributed by atoms with Crippen molar-refractivity contribution in [3.63, 3.8) is 0 Å². The lowest BCUT2D eigenvalue weighted by Gasteiger charge is -2.31. The summed E-state index contributed by atoms with van der Waals surface area (Å²) >= 11 is 0.475. The number of rotatable bonds is 5. The van der Waals surface area contributed by atoms with Crippen LogP contribution in [0.5, 0.6) is 0 Å². The van der Waals surface area contributed by atoms with Crippen LogP contribution in [0.15, 0.2) is 29.2 Å². The van der Waals surface area contributed by atoms with E-state index in [2.05, 4.69) is 10.6 Å². The number of nitrogens with one attached hydrogen (secondary N) is 2. The fourth-order valence-corrected chi connectivity index (χ4v) is 2.44. The summed E-state index contributed by atoms with van der Waals surface area (Å²) < 4.78 is 24.5. The molecule has 1 amide bonds. The Bertz CT molecular complexity index is 452. The van der Waals surface area contributed by atoms with Crippen LogP contribution in [0.2, 0.25) is 0 Å². The molecule has 0 saturated carbocycles. The summed E-state index contributed by atoms with van der Waals surface area (Å²) in [7, 11) is 0. The predicted molar refractivity (Wildman–Crippen MR) is 72.5 cm³/mol. The average Bonchev–Trinajstić information content (AvgIpc) is 2.26. The summed E-state index contributed by atoms with van der Waals surface area (Å²) in [4.78, 5) is 12.4. The highest BCUT2D eigenvalue weighted by Gasteiger charge is 2.28. The van der Waals surface area contributed by atoms with Gasteiger partial charge in [-0.1, -0.05) is 24.8 Å². The first-order valence-corrected chi connectivity index (χ1v) is 7.00. The summed E-state index contributed by atoms with van der Waals surface area (Å²) in [6.07, 6.45) is 0. The molecular weight excluding hydrogens is 270 g/mol. The molecule has 0 aliphatic carbocycles. The summed E-state index contributed by atoms with van der Waals surface area (Å²) in [5, 5.41) is 5.90. The van der Waals surface area contributed by atoms with E-state index in [0.717, 1.165) is 13.1 Å². The Balaban J connectivity index is 1.96. The van der Waals surface area contributed by atoms with Crippen molar-refractivity contribution in [2.24, 2.45) is 11.8 Å². The zero-order valence-corrected chi connectivity index (χ0v) is 11.3. The Morgan fingerprint density at radius 3 is 2.79 bits per heavy atom. The number of thioether (sulfide) groups is 1. The molecular formula is C13H16F2N2OS. The number of benzene rings is 1. The van der Waals surface area contributed by atoms with E-state index in [4.69, 9.17) is 0 Å². The molecule has 1 aromatic rings. The van der Waals surface area contributed by atoms with Crippen LogP contribution in [-0.4, -0.2) is 24.8 Å². The zero-order valence-electron chi connectivity index (χ0n) is 10.5. The lowest BCUT2D eigenvalue weighted by atomic mass is 9.88. The third-order valence-electron chi connectivity index (χ3n) is 3.26. The second-order valence-electron chi connectivity index (χ2n) is 4.60. The van der Waals surface area contributed by atoms with Crippen LogP contribution in [0.4, 0.5) is 14.5 Å². The minimum Gasteiger partial charge on any atom is -0.326 e. The minimum absolute atomic E-state index is 0.0642. The Kier molecular flexibility index (Phi) is 4.76. The fourth-order valence-electron chi connectivity index (χ4n) is 1.88. The second-order valence-corrected chi connectivity index (χ2v) is 5.67. The predicted octanol–water partition coefficient (Wildman–Crippen LogP) is 2.80. The van der Waals surface area contributed by atoms with E-state index in [1.54, 1.807) is 24.3 Å². The van der Waals surface area contributed by atoms with Gasteiger partial charge in [-0.15, -0.1) is 0 Å². The second kappa shape index (κ2) is 6.34. The van der Waals surface area contributed by atoms with Crippen LogP contribution in [0, 0.1) is 11.8 Å². The molecule has 3 nitrogen and oxygen atoms in total. The van der Waals surface area contributed by atoms with Crippen LogP contribution < -0.4 is 10.6 Å². The molecule has 1 aliphatic rings. The van der Waals surface area contributed by atoms with Crippen LogP contribution in [-0.2, 0) is 4.79 Å². The molecule has 6 heteroatoms. The summed E-state index contributed by atoms with van der Waals surface area (Å²) in [6.45, 7) is 3.60. The van der Waals surface area contributed by atoms with Gasteiger partial charge in [0.2, 0.25) is 5.91 Å². The summed E-state index contributed by atoms with van der Waals surface area (Å²) in [6, 6.07) is 6.54. The quantitative estimate of drug-likeness (QED) is 0.818. The van der Waals surface area contributed by atoms with Gasteiger partial charge in [-0.3, -0.25) is 4.79 Å². The SMILES string of the molecule is CC(C(=O)Nc1cccc(SC(F)F)c1)C1CNC1. The maximum Gasteiger partial charge on any atom is 0.288 e. The van der Waals surface area contributed by atoms with Crippen molar-refractivity contribution in [1.29, 1.82) is 0 Å². The van der Waals surface area contributed by atoms with Gasteiger partial charge < -0.3 is 10.6 Å². The molecule has 0 bridgehead atoms. The Morgan fingerprint density at radius 1 is 1.47 bits per heavy atom. The molecule has 1 atom stereocenters. The van der Waals surface area contributed by atoms with E-state index >= 15 is 0 Å². The lowest BCUT2D eigenvalue weighted by molar-refractivity contribution is -0.121. The van der Waals surface area contributed by atoms with Gasteiger partial charge in [-0.05, 0) is 37.2 Å². The molecule has 1 unspecified atom stereocenters. The number of anilines is 1. The van der Waals surface area contributed by atoms with Crippen LogP contribution in [0.25, 0.3) is 0 Å². The third kappa shape index (κ3) is 3.91. The van der Waals surface area contributed by atoms with Gasteiger partial charge in [0.1, 0.15) is 0 Å². The number of carbonyl (C=O) groups excluding carboxylic acids is 1. The highest BCUT2D eigenvalue weighted by Crippen LogP contribution is 2.27. The van der Waals surface area contributed by atoms with Gasteiger partial charge in [0.25, 0.3) is 5.76 Å². The molecule has 1 fully saturated rings. The van der Waals surface area contributed by atoms with Gasteiger partial charge in [-0.2, -0.15) is 8.78 Å². The molecule has 0 spiro atoms. The number of hydrogen-bond acceptors (Lipinski definition) is 3. The van der Waals surface area contributed by atoms with Gasteiger partial charge in [0.05, 0.1) is 0 Å². The fraction of sp³-hybridized carbons (Fsp3) is 0.462. The summed E-state index contributed by atoms with van der Waals surface area (Å²) in [5.74, 6) is -2.23. The Hall–Kier alpha value is -1.14. The number of hydrogen-bond donors (Lipinski definition) is 2.